The fourth-order valence-electron chi connectivity index (χ4n) is 2.46. The maximum absolute atomic E-state index is 8.86. The molecule has 0 aliphatic heterocycles. The number of aryl methyl sites for hydroxylation is 1. The van der Waals surface area contributed by atoms with Crippen molar-refractivity contribution in [2.75, 3.05) is 0 Å². The molecule has 0 bridgehead atoms. The van der Waals surface area contributed by atoms with Crippen molar-refractivity contribution in [2.45, 2.75) is 18.9 Å². The molecule has 2 nitrogen and oxygen atoms in total. The maximum atomic E-state index is 8.86. The van der Waals surface area contributed by atoms with E-state index in [1.54, 1.807) is 12.1 Å². The number of hydrogen-bond acceptors (Lipinski definition) is 2. The minimum Gasteiger partial charge on any atom is -0.485 e. The highest BCUT2D eigenvalue weighted by Crippen LogP contribution is 2.37. The maximum Gasteiger partial charge on any atom is 0.134 e. The topological polar surface area (TPSA) is 33.0 Å². The molecule has 0 radical (unpaired) electrons. The molecule has 0 saturated heterocycles. The van der Waals surface area contributed by atoms with Gasteiger partial charge in [-0.05, 0) is 58.1 Å². The smallest absolute Gasteiger partial charge is 0.134 e. The Kier molecular flexibility index (Phi) is 3.27. The Balaban J connectivity index is 1.86. The van der Waals surface area contributed by atoms with Gasteiger partial charge in [-0.1, -0.05) is 24.3 Å². The van der Waals surface area contributed by atoms with Gasteiger partial charge in [-0.2, -0.15) is 5.26 Å². The summed E-state index contributed by atoms with van der Waals surface area (Å²) in [6.07, 6.45) is 2.18. The Labute approximate surface area is 120 Å². The Morgan fingerprint density at radius 3 is 2.84 bits per heavy atom. The highest BCUT2D eigenvalue weighted by Gasteiger charge is 2.24. The van der Waals surface area contributed by atoms with Gasteiger partial charge in [-0.15, -0.1) is 0 Å². The zero-order valence-electron chi connectivity index (χ0n) is 10.3. The van der Waals surface area contributed by atoms with Gasteiger partial charge in [0.05, 0.1) is 16.1 Å². The molecule has 0 spiro atoms. The summed E-state index contributed by atoms with van der Waals surface area (Å²) in [4.78, 5) is 0. The number of nitriles is 1. The van der Waals surface area contributed by atoms with E-state index in [2.05, 4.69) is 40.2 Å². The standard InChI is InChI=1S/C16H12BrNO/c17-14-9-11(10-18)5-7-16(14)19-15-8-6-12-3-1-2-4-13(12)15/h1-5,7,9,15H,6,8H2. The molecule has 1 aliphatic carbocycles. The Hall–Kier alpha value is -1.79. The zero-order valence-corrected chi connectivity index (χ0v) is 11.9. The molecule has 0 fully saturated rings. The lowest BCUT2D eigenvalue weighted by Crippen LogP contribution is -2.03. The van der Waals surface area contributed by atoms with Crippen LogP contribution < -0.4 is 4.74 Å². The number of nitrogens with zero attached hydrogens (tertiary/aromatic N) is 1. The molecule has 2 aromatic rings. The summed E-state index contributed by atoms with van der Waals surface area (Å²) in [6.45, 7) is 0. The number of ether oxygens (including phenoxy) is 1. The number of halogens is 1. The molecular weight excluding hydrogens is 302 g/mol. The second-order valence-electron chi connectivity index (χ2n) is 4.60. The first-order chi connectivity index (χ1) is 9.28. The van der Waals surface area contributed by atoms with E-state index in [1.165, 1.54) is 11.1 Å². The summed E-state index contributed by atoms with van der Waals surface area (Å²) in [6, 6.07) is 15.9. The third-order valence-electron chi connectivity index (χ3n) is 3.41. The van der Waals surface area contributed by atoms with E-state index in [9.17, 15) is 0 Å². The van der Waals surface area contributed by atoms with Crippen LogP contribution in [0.2, 0.25) is 0 Å². The molecular formula is C16H12BrNO. The van der Waals surface area contributed by atoms with E-state index in [1.807, 2.05) is 12.1 Å². The van der Waals surface area contributed by atoms with Crippen LogP contribution in [0.5, 0.6) is 5.75 Å². The number of rotatable bonds is 2. The molecule has 3 heteroatoms. The molecule has 1 unspecified atom stereocenters. The fourth-order valence-corrected chi connectivity index (χ4v) is 2.93. The van der Waals surface area contributed by atoms with Gasteiger partial charge in [0.2, 0.25) is 0 Å². The molecule has 0 amide bonds. The van der Waals surface area contributed by atoms with Gasteiger partial charge >= 0.3 is 0 Å². The van der Waals surface area contributed by atoms with Gasteiger partial charge < -0.3 is 4.74 Å². The predicted octanol–water partition coefficient (Wildman–Crippen LogP) is 4.39. The van der Waals surface area contributed by atoms with Crippen LogP contribution in [0.4, 0.5) is 0 Å². The lowest BCUT2D eigenvalue weighted by molar-refractivity contribution is 0.206. The van der Waals surface area contributed by atoms with Crippen LogP contribution in [-0.4, -0.2) is 0 Å². The molecule has 0 saturated carbocycles. The van der Waals surface area contributed by atoms with Crippen molar-refractivity contribution in [1.29, 1.82) is 5.26 Å². The fraction of sp³-hybridized carbons (Fsp3) is 0.188. The predicted molar refractivity (Wildman–Crippen MR) is 77.0 cm³/mol. The molecule has 94 valence electrons. The highest BCUT2D eigenvalue weighted by atomic mass is 79.9. The largest absolute Gasteiger partial charge is 0.485 e. The van der Waals surface area contributed by atoms with E-state index < -0.39 is 0 Å². The third kappa shape index (κ3) is 2.36. The van der Waals surface area contributed by atoms with Crippen molar-refractivity contribution < 1.29 is 4.74 Å². The quantitative estimate of drug-likeness (QED) is 0.824. The summed E-state index contributed by atoms with van der Waals surface area (Å²) in [5, 5.41) is 8.86. The van der Waals surface area contributed by atoms with Crippen molar-refractivity contribution in [3.8, 4) is 11.8 Å². The monoisotopic (exact) mass is 313 g/mol. The molecule has 0 heterocycles. The Bertz CT molecular complexity index is 660. The van der Waals surface area contributed by atoms with Gasteiger partial charge in [0, 0.05) is 0 Å². The van der Waals surface area contributed by atoms with E-state index in [4.69, 9.17) is 10.00 Å². The molecule has 1 aliphatic rings. The van der Waals surface area contributed by atoms with Crippen LogP contribution in [0.15, 0.2) is 46.9 Å². The van der Waals surface area contributed by atoms with E-state index in [-0.39, 0.29) is 6.10 Å². The minimum absolute atomic E-state index is 0.112. The minimum atomic E-state index is 0.112. The summed E-state index contributed by atoms with van der Waals surface area (Å²) >= 11 is 3.46. The SMILES string of the molecule is N#Cc1ccc(OC2CCc3ccccc32)c(Br)c1. The van der Waals surface area contributed by atoms with E-state index in [0.29, 0.717) is 5.56 Å². The molecule has 3 rings (SSSR count). The van der Waals surface area contributed by atoms with Crippen molar-refractivity contribution in [3.63, 3.8) is 0 Å². The molecule has 0 N–H and O–H groups in total. The van der Waals surface area contributed by atoms with Crippen LogP contribution >= 0.6 is 15.9 Å². The lowest BCUT2D eigenvalue weighted by atomic mass is 10.1. The van der Waals surface area contributed by atoms with Crippen LogP contribution in [0.3, 0.4) is 0 Å². The van der Waals surface area contributed by atoms with Crippen LogP contribution in [0, 0.1) is 11.3 Å². The number of fused-ring (bicyclic) bond motifs is 1. The first-order valence-electron chi connectivity index (χ1n) is 6.22. The summed E-state index contributed by atoms with van der Waals surface area (Å²) in [7, 11) is 0. The molecule has 0 aromatic heterocycles. The van der Waals surface area contributed by atoms with Crippen molar-refractivity contribution in [1.82, 2.24) is 0 Å². The highest BCUT2D eigenvalue weighted by molar-refractivity contribution is 9.10. The molecule has 2 aromatic carbocycles. The van der Waals surface area contributed by atoms with Gasteiger partial charge in [-0.3, -0.25) is 0 Å². The molecule has 1 atom stereocenters. The van der Waals surface area contributed by atoms with E-state index in [0.717, 1.165) is 23.1 Å². The average Bonchev–Trinajstić information content (AvgIpc) is 2.84. The number of hydrogen-bond donors (Lipinski definition) is 0. The van der Waals surface area contributed by atoms with E-state index >= 15 is 0 Å². The summed E-state index contributed by atoms with van der Waals surface area (Å²) in [5.41, 5.74) is 3.28. The zero-order chi connectivity index (χ0) is 13.2. The van der Waals surface area contributed by atoms with Crippen LogP contribution in [0.1, 0.15) is 29.2 Å². The summed E-state index contributed by atoms with van der Waals surface area (Å²) in [5.74, 6) is 0.792. The second kappa shape index (κ2) is 5.07. The van der Waals surface area contributed by atoms with Gasteiger partial charge in [-0.25, -0.2) is 0 Å². The third-order valence-corrected chi connectivity index (χ3v) is 4.03. The summed E-state index contributed by atoms with van der Waals surface area (Å²) < 4.78 is 6.91. The normalized spacial score (nSPS) is 16.7. The van der Waals surface area contributed by atoms with Crippen molar-refractivity contribution in [2.24, 2.45) is 0 Å². The lowest BCUT2D eigenvalue weighted by Gasteiger charge is -2.16. The van der Waals surface area contributed by atoms with Gasteiger partial charge in [0.15, 0.2) is 0 Å². The van der Waals surface area contributed by atoms with Crippen molar-refractivity contribution >= 4 is 15.9 Å². The van der Waals surface area contributed by atoms with Gasteiger partial charge in [0.1, 0.15) is 11.9 Å². The Morgan fingerprint density at radius 2 is 2.05 bits per heavy atom. The Morgan fingerprint density at radius 1 is 1.21 bits per heavy atom. The second-order valence-corrected chi connectivity index (χ2v) is 5.46. The first-order valence-corrected chi connectivity index (χ1v) is 7.01. The first kappa shape index (κ1) is 12.3. The van der Waals surface area contributed by atoms with Crippen LogP contribution in [-0.2, 0) is 6.42 Å². The molecule has 19 heavy (non-hydrogen) atoms. The van der Waals surface area contributed by atoms with Crippen LogP contribution in [0.25, 0.3) is 0 Å². The average molecular weight is 314 g/mol. The van der Waals surface area contributed by atoms with Gasteiger partial charge in [0.25, 0.3) is 0 Å². The van der Waals surface area contributed by atoms with Crippen molar-refractivity contribution in [3.05, 3.63) is 63.6 Å². The number of benzene rings is 2.